The average molecular weight is 212 g/mol. The molecule has 0 N–H and O–H groups in total. The lowest BCUT2D eigenvalue weighted by atomic mass is 10.8. The highest BCUT2D eigenvalue weighted by molar-refractivity contribution is 8.01. The largest absolute Gasteiger partial charge is 0.434 e. The Hall–Kier alpha value is -0.810. The maximum atomic E-state index is 5.33. The van der Waals surface area contributed by atoms with Crippen LogP contribution < -0.4 is 0 Å². The van der Waals surface area contributed by atoms with E-state index in [2.05, 4.69) is 9.97 Å². The van der Waals surface area contributed by atoms with Crippen LogP contribution in [0.25, 0.3) is 0 Å². The second-order valence-corrected chi connectivity index (χ2v) is 5.04. The molecule has 2 rings (SSSR count). The zero-order valence-corrected chi connectivity index (χ0v) is 8.91. The first kappa shape index (κ1) is 8.77. The Morgan fingerprint density at radius 2 is 2.15 bits per heavy atom. The third-order valence-corrected chi connectivity index (χ3v) is 3.31. The van der Waals surface area contributed by atoms with Crippen LogP contribution in [0.15, 0.2) is 26.1 Å². The third kappa shape index (κ3) is 2.10. The Bertz CT molecular complexity index is 369. The molecule has 0 fully saturated rings. The molecule has 0 unspecified atom stereocenters. The minimum absolute atomic E-state index is 0.698. The minimum Gasteiger partial charge on any atom is -0.434 e. The number of hydrogen-bond donors (Lipinski definition) is 0. The molecule has 0 saturated heterocycles. The van der Waals surface area contributed by atoms with Crippen molar-refractivity contribution in [1.29, 1.82) is 0 Å². The fourth-order valence-electron chi connectivity index (χ4n) is 0.877. The van der Waals surface area contributed by atoms with Crippen LogP contribution in [0, 0.1) is 13.8 Å². The minimum atomic E-state index is 0.698. The molecule has 0 radical (unpaired) electrons. The number of nitrogens with zero attached hydrogens (tertiary/aromatic N) is 2. The van der Waals surface area contributed by atoms with Crippen LogP contribution in [0.2, 0.25) is 0 Å². The first-order chi connectivity index (χ1) is 6.24. The molecule has 3 nitrogen and oxygen atoms in total. The molecule has 2 heterocycles. The normalized spacial score (nSPS) is 10.6. The van der Waals surface area contributed by atoms with Crippen molar-refractivity contribution in [2.75, 3.05) is 0 Å². The molecule has 0 aliphatic carbocycles. The highest BCUT2D eigenvalue weighted by Crippen LogP contribution is 2.31. The Labute approximate surface area is 84.2 Å². The summed E-state index contributed by atoms with van der Waals surface area (Å²) in [5.41, 5.74) is 0. The number of thiazole rings is 1. The van der Waals surface area contributed by atoms with Gasteiger partial charge >= 0.3 is 0 Å². The van der Waals surface area contributed by atoms with Crippen LogP contribution in [0.1, 0.15) is 10.9 Å². The lowest BCUT2D eigenvalue weighted by Gasteiger charge is -1.88. The number of aryl methyl sites for hydroxylation is 2. The topological polar surface area (TPSA) is 38.9 Å². The summed E-state index contributed by atoms with van der Waals surface area (Å²) in [5, 5.41) is 1.89. The summed E-state index contributed by atoms with van der Waals surface area (Å²) < 4.78 is 6.46. The van der Waals surface area contributed by atoms with E-state index in [1.54, 1.807) is 29.3 Å². The summed E-state index contributed by atoms with van der Waals surface area (Å²) in [5.74, 6) is 0.698. The summed E-state index contributed by atoms with van der Waals surface area (Å²) in [4.78, 5) is 8.17. The lowest BCUT2D eigenvalue weighted by Crippen LogP contribution is -1.60. The summed E-state index contributed by atoms with van der Waals surface area (Å²) in [6.45, 7) is 3.82. The van der Waals surface area contributed by atoms with E-state index in [0.29, 0.717) is 5.89 Å². The van der Waals surface area contributed by atoms with Gasteiger partial charge < -0.3 is 4.42 Å². The molecule has 0 amide bonds. The maximum absolute atomic E-state index is 5.33. The molecule has 0 saturated carbocycles. The van der Waals surface area contributed by atoms with Gasteiger partial charge in [0.1, 0.15) is 0 Å². The quantitative estimate of drug-likeness (QED) is 0.767. The molecule has 0 aromatic carbocycles. The van der Waals surface area contributed by atoms with Crippen LogP contribution in [-0.4, -0.2) is 9.97 Å². The van der Waals surface area contributed by atoms with Crippen LogP contribution in [0.5, 0.6) is 0 Å². The maximum Gasteiger partial charge on any atom is 0.192 e. The lowest BCUT2D eigenvalue weighted by molar-refractivity contribution is 0.442. The molecular formula is C8H8N2OS2. The van der Waals surface area contributed by atoms with Gasteiger partial charge in [-0.05, 0) is 18.7 Å². The van der Waals surface area contributed by atoms with E-state index in [0.717, 1.165) is 14.3 Å². The van der Waals surface area contributed by atoms with Gasteiger partial charge in [0.2, 0.25) is 0 Å². The molecule has 5 heteroatoms. The molecule has 2 aromatic rings. The standard InChI is InChI=1S/C8H8N2OS2/c1-5-9-3-7(11-5)13-8-4-10-6(2)12-8/h3-4H,1-2H3. The van der Waals surface area contributed by atoms with E-state index in [1.807, 2.05) is 20.0 Å². The van der Waals surface area contributed by atoms with Gasteiger partial charge in [0, 0.05) is 6.92 Å². The Balaban J connectivity index is 2.14. The Kier molecular flexibility index (Phi) is 2.37. The number of oxazole rings is 1. The predicted molar refractivity (Wildman–Crippen MR) is 52.2 cm³/mol. The highest BCUT2D eigenvalue weighted by atomic mass is 32.2. The molecular weight excluding hydrogens is 204 g/mol. The molecule has 0 atom stereocenters. The second-order valence-electron chi connectivity index (χ2n) is 2.50. The van der Waals surface area contributed by atoms with Crippen molar-refractivity contribution in [1.82, 2.24) is 9.97 Å². The van der Waals surface area contributed by atoms with Gasteiger partial charge in [0.25, 0.3) is 0 Å². The first-order valence-corrected chi connectivity index (χ1v) is 5.40. The van der Waals surface area contributed by atoms with E-state index >= 15 is 0 Å². The van der Waals surface area contributed by atoms with Gasteiger partial charge in [-0.2, -0.15) is 0 Å². The number of aromatic nitrogens is 2. The van der Waals surface area contributed by atoms with Crippen molar-refractivity contribution in [3.8, 4) is 0 Å². The van der Waals surface area contributed by atoms with E-state index in [-0.39, 0.29) is 0 Å². The van der Waals surface area contributed by atoms with Crippen LogP contribution >= 0.6 is 23.1 Å². The van der Waals surface area contributed by atoms with Crippen LogP contribution in [-0.2, 0) is 0 Å². The summed E-state index contributed by atoms with van der Waals surface area (Å²) in [7, 11) is 0. The van der Waals surface area contributed by atoms with Crippen molar-refractivity contribution < 1.29 is 4.42 Å². The van der Waals surface area contributed by atoms with Gasteiger partial charge in [0.15, 0.2) is 11.0 Å². The third-order valence-electron chi connectivity index (χ3n) is 1.40. The zero-order chi connectivity index (χ0) is 9.26. The molecule has 68 valence electrons. The van der Waals surface area contributed by atoms with Crippen molar-refractivity contribution in [3.63, 3.8) is 0 Å². The van der Waals surface area contributed by atoms with E-state index in [4.69, 9.17) is 4.42 Å². The van der Waals surface area contributed by atoms with Gasteiger partial charge in [0.05, 0.1) is 21.6 Å². The van der Waals surface area contributed by atoms with Crippen molar-refractivity contribution in [3.05, 3.63) is 23.3 Å². The van der Waals surface area contributed by atoms with Gasteiger partial charge in [-0.15, -0.1) is 11.3 Å². The summed E-state index contributed by atoms with van der Waals surface area (Å²) in [6.07, 6.45) is 3.58. The monoisotopic (exact) mass is 212 g/mol. The molecule has 0 spiro atoms. The highest BCUT2D eigenvalue weighted by Gasteiger charge is 2.04. The second kappa shape index (κ2) is 3.51. The van der Waals surface area contributed by atoms with Crippen LogP contribution in [0.4, 0.5) is 0 Å². The summed E-state index contributed by atoms with van der Waals surface area (Å²) in [6, 6.07) is 0. The van der Waals surface area contributed by atoms with Crippen molar-refractivity contribution >= 4 is 23.1 Å². The van der Waals surface area contributed by atoms with E-state index in [9.17, 15) is 0 Å². The number of hydrogen-bond acceptors (Lipinski definition) is 5. The fraction of sp³-hybridized carbons (Fsp3) is 0.250. The van der Waals surface area contributed by atoms with E-state index < -0.39 is 0 Å². The van der Waals surface area contributed by atoms with E-state index in [1.165, 1.54) is 0 Å². The fourth-order valence-corrected chi connectivity index (χ4v) is 2.73. The molecule has 2 aromatic heterocycles. The van der Waals surface area contributed by atoms with Gasteiger partial charge in [-0.1, -0.05) is 0 Å². The van der Waals surface area contributed by atoms with Crippen molar-refractivity contribution in [2.45, 2.75) is 23.1 Å². The summed E-state index contributed by atoms with van der Waals surface area (Å²) >= 11 is 3.21. The number of rotatable bonds is 2. The average Bonchev–Trinajstić information content (AvgIpc) is 2.62. The Morgan fingerprint density at radius 1 is 1.31 bits per heavy atom. The Morgan fingerprint density at radius 3 is 2.69 bits per heavy atom. The SMILES string of the molecule is Cc1ncc(Sc2cnc(C)s2)o1. The van der Waals surface area contributed by atoms with Crippen molar-refractivity contribution in [2.24, 2.45) is 0 Å². The first-order valence-electron chi connectivity index (χ1n) is 3.77. The molecule has 0 bridgehead atoms. The van der Waals surface area contributed by atoms with Gasteiger partial charge in [-0.3, -0.25) is 0 Å². The molecule has 0 aliphatic rings. The predicted octanol–water partition coefficient (Wildman–Crippen LogP) is 2.90. The van der Waals surface area contributed by atoms with Crippen LogP contribution in [0.3, 0.4) is 0 Å². The van der Waals surface area contributed by atoms with Gasteiger partial charge in [-0.25, -0.2) is 9.97 Å². The molecule has 0 aliphatic heterocycles. The molecule has 13 heavy (non-hydrogen) atoms. The zero-order valence-electron chi connectivity index (χ0n) is 7.27. The smallest absolute Gasteiger partial charge is 0.192 e.